The molecule has 4 aromatic rings. The van der Waals surface area contributed by atoms with E-state index < -0.39 is 16.0 Å². The fourth-order valence-electron chi connectivity index (χ4n) is 2.78. The van der Waals surface area contributed by atoms with Crippen molar-refractivity contribution in [2.24, 2.45) is 0 Å². The van der Waals surface area contributed by atoms with Crippen LogP contribution in [-0.4, -0.2) is 31.5 Å². The standard InChI is InChI=1S/C19H15N3O4S2/c1-26-19(23)17-16(9-10-27-17)28(24,25)22-13-6-4-5-12(11-13)18-20-14-7-2-3-8-15(14)21-18/h2-11,22H,1H3,(H,20,21). The number of ether oxygens (including phenoxy) is 1. The van der Waals surface area contributed by atoms with E-state index >= 15 is 0 Å². The lowest BCUT2D eigenvalue weighted by atomic mass is 10.2. The molecule has 2 heterocycles. The van der Waals surface area contributed by atoms with Crippen LogP contribution >= 0.6 is 11.3 Å². The molecule has 0 aliphatic carbocycles. The molecule has 0 saturated carbocycles. The Morgan fingerprint density at radius 1 is 1.14 bits per heavy atom. The Balaban J connectivity index is 1.67. The molecule has 0 atom stereocenters. The predicted molar refractivity (Wildman–Crippen MR) is 108 cm³/mol. The van der Waals surface area contributed by atoms with Crippen molar-refractivity contribution in [1.82, 2.24) is 9.97 Å². The number of imidazole rings is 1. The summed E-state index contributed by atoms with van der Waals surface area (Å²) in [6, 6.07) is 15.9. The number of thiophene rings is 1. The van der Waals surface area contributed by atoms with Crippen molar-refractivity contribution in [3.8, 4) is 11.4 Å². The van der Waals surface area contributed by atoms with Gasteiger partial charge in [0.15, 0.2) is 0 Å². The summed E-state index contributed by atoms with van der Waals surface area (Å²) in [5.41, 5.74) is 2.81. The van der Waals surface area contributed by atoms with Gasteiger partial charge in [-0.05, 0) is 35.7 Å². The number of para-hydroxylation sites is 2. The van der Waals surface area contributed by atoms with Gasteiger partial charge in [0.1, 0.15) is 15.6 Å². The van der Waals surface area contributed by atoms with Gasteiger partial charge in [0.2, 0.25) is 0 Å². The number of aromatic nitrogens is 2. The number of nitrogens with zero attached hydrogens (tertiary/aromatic N) is 1. The number of hydrogen-bond donors (Lipinski definition) is 2. The summed E-state index contributed by atoms with van der Waals surface area (Å²) in [4.78, 5) is 19.5. The number of aromatic amines is 1. The van der Waals surface area contributed by atoms with Crippen molar-refractivity contribution in [3.05, 3.63) is 64.9 Å². The number of H-pyrrole nitrogens is 1. The van der Waals surface area contributed by atoms with Crippen LogP contribution in [0.3, 0.4) is 0 Å². The number of sulfonamides is 1. The van der Waals surface area contributed by atoms with Gasteiger partial charge in [-0.2, -0.15) is 0 Å². The summed E-state index contributed by atoms with van der Waals surface area (Å²) in [5.74, 6) is -0.0561. The molecule has 0 aliphatic heterocycles. The van der Waals surface area contributed by atoms with E-state index in [1.807, 2.05) is 30.3 Å². The molecule has 0 spiro atoms. The average Bonchev–Trinajstić information content (AvgIpc) is 3.34. The topological polar surface area (TPSA) is 101 Å². The van der Waals surface area contributed by atoms with Crippen molar-refractivity contribution in [3.63, 3.8) is 0 Å². The highest BCUT2D eigenvalue weighted by Gasteiger charge is 2.24. The quantitative estimate of drug-likeness (QED) is 0.484. The van der Waals surface area contributed by atoms with E-state index in [0.29, 0.717) is 11.5 Å². The molecule has 142 valence electrons. The largest absolute Gasteiger partial charge is 0.465 e. The van der Waals surface area contributed by atoms with E-state index in [0.717, 1.165) is 27.9 Å². The Morgan fingerprint density at radius 2 is 1.96 bits per heavy atom. The van der Waals surface area contributed by atoms with Crippen molar-refractivity contribution in [1.29, 1.82) is 0 Å². The number of benzene rings is 2. The number of fused-ring (bicyclic) bond motifs is 1. The van der Waals surface area contributed by atoms with Crippen LogP contribution in [0.5, 0.6) is 0 Å². The van der Waals surface area contributed by atoms with Gasteiger partial charge in [-0.3, -0.25) is 4.72 Å². The Labute approximate surface area is 165 Å². The first-order valence-electron chi connectivity index (χ1n) is 8.22. The molecule has 0 saturated heterocycles. The Morgan fingerprint density at radius 3 is 2.75 bits per heavy atom. The molecule has 28 heavy (non-hydrogen) atoms. The highest BCUT2D eigenvalue weighted by Crippen LogP contribution is 2.27. The Bertz CT molecular complexity index is 1240. The highest BCUT2D eigenvalue weighted by atomic mass is 32.2. The number of hydrogen-bond acceptors (Lipinski definition) is 6. The van der Waals surface area contributed by atoms with Gasteiger partial charge in [0.05, 0.1) is 18.1 Å². The van der Waals surface area contributed by atoms with Gasteiger partial charge in [0, 0.05) is 11.3 Å². The van der Waals surface area contributed by atoms with E-state index in [-0.39, 0.29) is 9.77 Å². The maximum atomic E-state index is 12.8. The van der Waals surface area contributed by atoms with Crippen LogP contribution in [0.2, 0.25) is 0 Å². The maximum absolute atomic E-state index is 12.8. The third kappa shape index (κ3) is 3.37. The lowest BCUT2D eigenvalue weighted by Crippen LogP contribution is -2.15. The predicted octanol–water partition coefficient (Wildman–Crippen LogP) is 3.88. The second-order valence-electron chi connectivity index (χ2n) is 5.89. The first-order valence-corrected chi connectivity index (χ1v) is 10.6. The first kappa shape index (κ1) is 18.2. The third-order valence-corrected chi connectivity index (χ3v) is 6.51. The van der Waals surface area contributed by atoms with Crippen LogP contribution in [0.25, 0.3) is 22.4 Å². The van der Waals surface area contributed by atoms with Gasteiger partial charge in [-0.15, -0.1) is 11.3 Å². The van der Waals surface area contributed by atoms with Crippen LogP contribution in [-0.2, 0) is 14.8 Å². The van der Waals surface area contributed by atoms with Crippen LogP contribution in [0.4, 0.5) is 5.69 Å². The highest BCUT2D eigenvalue weighted by molar-refractivity contribution is 7.93. The molecule has 2 aromatic heterocycles. The van der Waals surface area contributed by atoms with E-state index in [9.17, 15) is 13.2 Å². The summed E-state index contributed by atoms with van der Waals surface area (Å²) in [6.45, 7) is 0. The van der Waals surface area contributed by atoms with Crippen LogP contribution in [0.15, 0.2) is 64.9 Å². The Hall–Kier alpha value is -3.17. The van der Waals surface area contributed by atoms with Crippen molar-refractivity contribution in [2.45, 2.75) is 4.90 Å². The summed E-state index contributed by atoms with van der Waals surface area (Å²) in [7, 11) is -2.74. The average molecular weight is 413 g/mol. The zero-order valence-corrected chi connectivity index (χ0v) is 16.3. The zero-order chi connectivity index (χ0) is 19.7. The van der Waals surface area contributed by atoms with Crippen molar-refractivity contribution < 1.29 is 17.9 Å². The number of methoxy groups -OCH3 is 1. The minimum atomic E-state index is -3.95. The molecular weight excluding hydrogens is 398 g/mol. The van der Waals surface area contributed by atoms with Gasteiger partial charge in [0.25, 0.3) is 10.0 Å². The number of carbonyl (C=O) groups is 1. The maximum Gasteiger partial charge on any atom is 0.349 e. The molecule has 0 bridgehead atoms. The second-order valence-corrected chi connectivity index (χ2v) is 8.46. The monoisotopic (exact) mass is 413 g/mol. The minimum absolute atomic E-state index is 0.0310. The smallest absolute Gasteiger partial charge is 0.349 e. The summed E-state index contributed by atoms with van der Waals surface area (Å²) in [6.07, 6.45) is 0. The normalized spacial score (nSPS) is 11.5. The molecule has 0 fully saturated rings. The molecule has 2 aromatic carbocycles. The van der Waals surface area contributed by atoms with Gasteiger partial charge in [-0.1, -0.05) is 24.3 Å². The molecule has 0 aliphatic rings. The van der Waals surface area contributed by atoms with Crippen LogP contribution < -0.4 is 4.72 Å². The number of rotatable bonds is 5. The minimum Gasteiger partial charge on any atom is -0.465 e. The van der Waals surface area contributed by atoms with Crippen molar-refractivity contribution in [2.75, 3.05) is 11.8 Å². The summed E-state index contributed by atoms with van der Waals surface area (Å²) in [5, 5.41) is 1.53. The number of carbonyl (C=O) groups excluding carboxylic acids is 1. The number of anilines is 1. The lowest BCUT2D eigenvalue weighted by molar-refractivity contribution is 0.0602. The SMILES string of the molecule is COC(=O)c1sccc1S(=O)(=O)Nc1cccc(-c2nc3ccccc3[nH]2)c1. The summed E-state index contributed by atoms with van der Waals surface area (Å²) < 4.78 is 32.7. The summed E-state index contributed by atoms with van der Waals surface area (Å²) >= 11 is 1.01. The van der Waals surface area contributed by atoms with Gasteiger partial charge >= 0.3 is 5.97 Å². The molecule has 0 unspecified atom stereocenters. The molecular formula is C19H15N3O4S2. The van der Waals surface area contributed by atoms with E-state index in [2.05, 4.69) is 19.4 Å². The van der Waals surface area contributed by atoms with E-state index in [1.165, 1.54) is 18.6 Å². The number of nitrogens with one attached hydrogen (secondary N) is 2. The lowest BCUT2D eigenvalue weighted by Gasteiger charge is -2.09. The first-order chi connectivity index (χ1) is 13.5. The van der Waals surface area contributed by atoms with Crippen LogP contribution in [0, 0.1) is 0 Å². The fraction of sp³-hybridized carbons (Fsp3) is 0.0526. The second kappa shape index (κ2) is 7.10. The van der Waals surface area contributed by atoms with Crippen LogP contribution in [0.1, 0.15) is 9.67 Å². The molecule has 0 radical (unpaired) electrons. The third-order valence-electron chi connectivity index (χ3n) is 4.07. The molecule has 4 rings (SSSR count). The van der Waals surface area contributed by atoms with E-state index in [1.54, 1.807) is 18.2 Å². The molecule has 9 heteroatoms. The molecule has 0 amide bonds. The zero-order valence-electron chi connectivity index (χ0n) is 14.7. The van der Waals surface area contributed by atoms with Gasteiger partial charge in [-0.25, -0.2) is 18.2 Å². The molecule has 2 N–H and O–H groups in total. The van der Waals surface area contributed by atoms with Crippen molar-refractivity contribution >= 4 is 44.1 Å². The number of esters is 1. The molecule has 7 nitrogen and oxygen atoms in total. The Kier molecular flexibility index (Phi) is 4.62. The van der Waals surface area contributed by atoms with Gasteiger partial charge < -0.3 is 9.72 Å². The van der Waals surface area contributed by atoms with E-state index in [4.69, 9.17) is 0 Å². The fourth-order valence-corrected chi connectivity index (χ4v) is 5.17.